The Morgan fingerprint density at radius 1 is 0.554 bits per heavy atom. The minimum atomic E-state index is -1.14. The first kappa shape index (κ1) is 52.5. The Morgan fingerprint density at radius 3 is 1.54 bits per heavy atom. The van der Waals surface area contributed by atoms with Gasteiger partial charge >= 0.3 is 11.9 Å². The van der Waals surface area contributed by atoms with E-state index < -0.39 is 18.1 Å². The van der Waals surface area contributed by atoms with E-state index in [0.29, 0.717) is 12.8 Å². The van der Waals surface area contributed by atoms with E-state index >= 15 is 0 Å². The van der Waals surface area contributed by atoms with Crippen LogP contribution in [0, 0.1) is 0 Å². The highest BCUT2D eigenvalue weighted by molar-refractivity contribution is 5.70. The monoisotopic (exact) mass is 782 g/mol. The molecule has 56 heavy (non-hydrogen) atoms. The Hall–Kier alpha value is -3.49. The molecule has 0 bridgehead atoms. The quantitative estimate of drug-likeness (QED) is 0.0268. The van der Waals surface area contributed by atoms with Crippen LogP contribution in [0.2, 0.25) is 0 Å². The fourth-order valence-electron chi connectivity index (χ4n) is 5.64. The highest BCUT2D eigenvalue weighted by Crippen LogP contribution is 2.12. The Bertz CT molecular complexity index is 1190. The number of likely N-dealkylation sites (N-methyl/N-ethyl adjacent to an activating group) is 1. The average molecular weight is 782 g/mol. The Labute approximate surface area is 342 Å². The van der Waals surface area contributed by atoms with Crippen molar-refractivity contribution in [2.75, 3.05) is 41.0 Å². The molecule has 0 heterocycles. The van der Waals surface area contributed by atoms with Gasteiger partial charge in [-0.15, -0.1) is 0 Å². The van der Waals surface area contributed by atoms with Crippen molar-refractivity contribution in [2.24, 2.45) is 0 Å². The first-order valence-electron chi connectivity index (χ1n) is 21.6. The Kier molecular flexibility index (Phi) is 36.0. The lowest BCUT2D eigenvalue weighted by Gasteiger charge is -2.34. The fourth-order valence-corrected chi connectivity index (χ4v) is 5.64. The number of carboxylic acids is 1. The summed E-state index contributed by atoms with van der Waals surface area (Å²) in [7, 11) is 5.38. The van der Waals surface area contributed by atoms with Gasteiger partial charge in [0, 0.05) is 19.3 Å². The molecule has 2 unspecified atom stereocenters. The van der Waals surface area contributed by atoms with Gasteiger partial charge in [0.05, 0.1) is 40.3 Å². The summed E-state index contributed by atoms with van der Waals surface area (Å²) in [6.07, 6.45) is 49.0. The third-order valence-electron chi connectivity index (χ3n) is 9.02. The Morgan fingerprint density at radius 2 is 1.00 bits per heavy atom. The second kappa shape index (κ2) is 38.4. The molecule has 8 nitrogen and oxygen atoms in total. The number of carboxylic acid groups (broad SMARTS) is 1. The van der Waals surface area contributed by atoms with Crippen molar-refractivity contribution in [3.8, 4) is 0 Å². The molecule has 0 aromatic rings. The normalized spacial score (nSPS) is 13.8. The van der Waals surface area contributed by atoms with Crippen LogP contribution in [-0.2, 0) is 28.6 Å². The van der Waals surface area contributed by atoms with E-state index in [9.17, 15) is 19.5 Å². The van der Waals surface area contributed by atoms with Gasteiger partial charge < -0.3 is 28.6 Å². The molecule has 0 fully saturated rings. The lowest BCUT2D eigenvalue weighted by molar-refractivity contribution is -0.889. The van der Waals surface area contributed by atoms with Crippen molar-refractivity contribution < 1.29 is 38.2 Å². The van der Waals surface area contributed by atoms with Crippen LogP contribution < -0.4 is 5.11 Å². The Balaban J connectivity index is 4.42. The van der Waals surface area contributed by atoms with Gasteiger partial charge in [-0.1, -0.05) is 131 Å². The zero-order chi connectivity index (χ0) is 41.4. The highest BCUT2D eigenvalue weighted by Gasteiger charge is 2.25. The van der Waals surface area contributed by atoms with Crippen molar-refractivity contribution in [1.29, 1.82) is 0 Å². The van der Waals surface area contributed by atoms with Gasteiger partial charge in [-0.05, 0) is 83.5 Å². The van der Waals surface area contributed by atoms with E-state index in [1.807, 2.05) is 0 Å². The average Bonchev–Trinajstić information content (AvgIpc) is 3.15. The number of ether oxygens (including phenoxy) is 3. The van der Waals surface area contributed by atoms with Gasteiger partial charge in [-0.3, -0.25) is 9.59 Å². The van der Waals surface area contributed by atoms with Crippen LogP contribution in [0.1, 0.15) is 149 Å². The SMILES string of the molecule is CC/C=C/C/C=C/C/C=C/C/C=C/C/C=C/C/C=C/CCCCC(=O)OCC(COCCC(C(=O)[O-])[N+](C)(C)C)OC(=O)CCCCCCC/C=C/CCCC. The standard InChI is InChI=1S/C48H79NO7/c1-6-8-10-12-14-16-18-19-20-21-22-23-24-25-26-27-29-30-32-34-36-38-46(50)55-43-44(42-54-41-40-45(48(52)53)49(3,4)5)56-47(51)39-37-35-33-31-28-17-15-13-11-9-7-2/h8,10,13-16,19-20,22-23,25-26,29-30,44-45H,6-7,9,11-12,17-18,21,24,27-28,31-43H2,1-5H3/b10-8+,15-13+,16-14+,20-19+,23-22+,26-25+,30-29+. The molecule has 0 N–H and O–H groups in total. The maximum absolute atomic E-state index is 12.7. The van der Waals surface area contributed by atoms with E-state index in [1.165, 1.54) is 12.8 Å². The summed E-state index contributed by atoms with van der Waals surface area (Å²) < 4.78 is 17.1. The third kappa shape index (κ3) is 36.2. The summed E-state index contributed by atoms with van der Waals surface area (Å²) in [5.41, 5.74) is 0. The first-order chi connectivity index (χ1) is 27.1. The van der Waals surface area contributed by atoms with Crippen LogP contribution >= 0.6 is 0 Å². The second-order valence-electron chi connectivity index (χ2n) is 15.2. The molecular weight excluding hydrogens is 703 g/mol. The molecule has 0 radical (unpaired) electrons. The molecule has 0 saturated carbocycles. The maximum atomic E-state index is 12.7. The summed E-state index contributed by atoms with van der Waals surface area (Å²) in [5, 5.41) is 11.6. The minimum Gasteiger partial charge on any atom is -0.544 e. The van der Waals surface area contributed by atoms with Crippen LogP contribution in [0.4, 0.5) is 0 Å². The van der Waals surface area contributed by atoms with Crippen molar-refractivity contribution in [3.05, 3.63) is 85.1 Å². The lowest BCUT2D eigenvalue weighted by atomic mass is 10.1. The minimum absolute atomic E-state index is 0.0182. The van der Waals surface area contributed by atoms with Crippen LogP contribution in [0.5, 0.6) is 0 Å². The molecule has 0 aromatic heterocycles. The predicted octanol–water partition coefficient (Wildman–Crippen LogP) is 10.4. The van der Waals surface area contributed by atoms with Gasteiger partial charge in [-0.2, -0.15) is 0 Å². The molecular formula is C48H79NO7. The van der Waals surface area contributed by atoms with Gasteiger partial charge in [-0.25, -0.2) is 0 Å². The first-order valence-corrected chi connectivity index (χ1v) is 21.6. The molecule has 318 valence electrons. The molecule has 8 heteroatoms. The summed E-state index contributed by atoms with van der Waals surface area (Å²) in [5.74, 6) is -1.82. The summed E-state index contributed by atoms with van der Waals surface area (Å²) >= 11 is 0. The predicted molar refractivity (Wildman–Crippen MR) is 231 cm³/mol. The number of hydrogen-bond acceptors (Lipinski definition) is 7. The molecule has 0 aromatic carbocycles. The molecule has 0 saturated heterocycles. The molecule has 0 aliphatic carbocycles. The van der Waals surface area contributed by atoms with E-state index in [1.54, 1.807) is 21.1 Å². The van der Waals surface area contributed by atoms with E-state index in [0.717, 1.165) is 96.3 Å². The number of carbonyl (C=O) groups is 3. The van der Waals surface area contributed by atoms with Gasteiger partial charge in [0.15, 0.2) is 6.10 Å². The molecule has 0 aliphatic heterocycles. The number of aliphatic carboxylic acids is 1. The third-order valence-corrected chi connectivity index (χ3v) is 9.02. The topological polar surface area (TPSA) is 102 Å². The number of carbonyl (C=O) groups excluding carboxylic acids is 3. The molecule has 0 spiro atoms. The zero-order valence-corrected chi connectivity index (χ0v) is 36.0. The number of hydrogen-bond donors (Lipinski definition) is 0. The van der Waals surface area contributed by atoms with E-state index in [-0.39, 0.29) is 49.1 Å². The van der Waals surface area contributed by atoms with Crippen LogP contribution in [0.15, 0.2) is 85.1 Å². The maximum Gasteiger partial charge on any atom is 0.306 e. The molecule has 0 aliphatic rings. The van der Waals surface area contributed by atoms with Crippen molar-refractivity contribution in [3.63, 3.8) is 0 Å². The second-order valence-corrected chi connectivity index (χ2v) is 15.2. The fraction of sp³-hybridized carbons (Fsp3) is 0.646. The number of rotatable bonds is 37. The summed E-state index contributed by atoms with van der Waals surface area (Å²) in [6.45, 7) is 4.43. The van der Waals surface area contributed by atoms with Gasteiger partial charge in [0.2, 0.25) is 0 Å². The van der Waals surface area contributed by atoms with Crippen molar-refractivity contribution >= 4 is 17.9 Å². The van der Waals surface area contributed by atoms with Gasteiger partial charge in [0.1, 0.15) is 12.6 Å². The summed E-state index contributed by atoms with van der Waals surface area (Å²) in [6, 6.07) is -0.737. The smallest absolute Gasteiger partial charge is 0.306 e. The largest absolute Gasteiger partial charge is 0.544 e. The van der Waals surface area contributed by atoms with Crippen LogP contribution in [0.3, 0.4) is 0 Å². The number of unbranched alkanes of at least 4 members (excludes halogenated alkanes) is 9. The van der Waals surface area contributed by atoms with Crippen LogP contribution in [0.25, 0.3) is 0 Å². The molecule has 2 atom stereocenters. The van der Waals surface area contributed by atoms with E-state index in [4.69, 9.17) is 14.2 Å². The van der Waals surface area contributed by atoms with Crippen molar-refractivity contribution in [1.82, 2.24) is 0 Å². The number of esters is 2. The zero-order valence-electron chi connectivity index (χ0n) is 36.0. The summed E-state index contributed by atoms with van der Waals surface area (Å²) in [4.78, 5) is 36.8. The molecule has 0 rings (SSSR count). The van der Waals surface area contributed by atoms with Crippen LogP contribution in [-0.4, -0.2) is 75.5 Å². The highest BCUT2D eigenvalue weighted by atomic mass is 16.6. The van der Waals surface area contributed by atoms with Gasteiger partial charge in [0.25, 0.3) is 0 Å². The number of quaternary nitrogens is 1. The lowest BCUT2D eigenvalue weighted by Crippen LogP contribution is -2.55. The van der Waals surface area contributed by atoms with E-state index in [2.05, 4.69) is 98.9 Å². The molecule has 0 amide bonds. The number of allylic oxidation sites excluding steroid dienone is 14. The van der Waals surface area contributed by atoms with Crippen molar-refractivity contribution in [2.45, 2.75) is 161 Å². The number of nitrogens with zero attached hydrogens (tertiary/aromatic N) is 1.